The summed E-state index contributed by atoms with van der Waals surface area (Å²) < 4.78 is 5.63. The van der Waals surface area contributed by atoms with Crippen LogP contribution in [0.4, 0.5) is 0 Å². The predicted molar refractivity (Wildman–Crippen MR) is 65.0 cm³/mol. The number of hydrogen-bond acceptors (Lipinski definition) is 3. The van der Waals surface area contributed by atoms with E-state index in [1.807, 2.05) is 12.1 Å². The highest BCUT2D eigenvalue weighted by molar-refractivity contribution is 5.46. The summed E-state index contributed by atoms with van der Waals surface area (Å²) in [5, 5.41) is 10.8. The first kappa shape index (κ1) is 11.9. The van der Waals surface area contributed by atoms with E-state index < -0.39 is 0 Å². The van der Waals surface area contributed by atoms with Gasteiger partial charge < -0.3 is 4.42 Å². The second-order valence-electron chi connectivity index (χ2n) is 5.04. The molecule has 0 aliphatic heterocycles. The van der Waals surface area contributed by atoms with Crippen LogP contribution in [0.2, 0.25) is 0 Å². The van der Waals surface area contributed by atoms with Gasteiger partial charge >= 0.3 is 0 Å². The Morgan fingerprint density at radius 3 is 2.71 bits per heavy atom. The molecule has 0 spiro atoms. The maximum Gasteiger partial charge on any atom is 0.252 e. The van der Waals surface area contributed by atoms with Gasteiger partial charge in [0.25, 0.3) is 5.70 Å². The molecule has 92 valence electrons. The summed E-state index contributed by atoms with van der Waals surface area (Å²) in [4.78, 5) is 10.5. The molecular formula is C13H17NO3. The van der Waals surface area contributed by atoms with Gasteiger partial charge in [0.15, 0.2) is 0 Å². The molecule has 0 radical (unpaired) electrons. The van der Waals surface area contributed by atoms with Crippen LogP contribution in [0.15, 0.2) is 22.2 Å². The van der Waals surface area contributed by atoms with Crippen molar-refractivity contribution in [3.63, 3.8) is 0 Å². The summed E-state index contributed by atoms with van der Waals surface area (Å²) in [5.74, 6) is 2.61. The van der Waals surface area contributed by atoms with Gasteiger partial charge in [0.1, 0.15) is 11.5 Å². The second-order valence-corrected chi connectivity index (χ2v) is 5.04. The normalized spacial score (nSPS) is 24.1. The SMILES string of the molecule is CC(C)/C(=C/c1ccc(C2CC2C)o1)[N+](=O)[O-]. The third-order valence-corrected chi connectivity index (χ3v) is 3.21. The van der Waals surface area contributed by atoms with Gasteiger partial charge in [-0.05, 0) is 24.5 Å². The molecule has 1 aliphatic carbocycles. The van der Waals surface area contributed by atoms with Crippen molar-refractivity contribution in [2.75, 3.05) is 0 Å². The van der Waals surface area contributed by atoms with Gasteiger partial charge in [-0.3, -0.25) is 10.1 Å². The van der Waals surface area contributed by atoms with Gasteiger partial charge in [-0.25, -0.2) is 0 Å². The third kappa shape index (κ3) is 2.57. The van der Waals surface area contributed by atoms with E-state index in [-0.39, 0.29) is 16.5 Å². The Morgan fingerprint density at radius 1 is 1.59 bits per heavy atom. The lowest BCUT2D eigenvalue weighted by Crippen LogP contribution is -2.05. The summed E-state index contributed by atoms with van der Waals surface area (Å²) in [6, 6.07) is 3.74. The molecule has 1 saturated carbocycles. The van der Waals surface area contributed by atoms with Gasteiger partial charge in [0, 0.05) is 11.8 Å². The minimum atomic E-state index is -0.341. The maximum atomic E-state index is 10.8. The van der Waals surface area contributed by atoms with Gasteiger partial charge in [0.05, 0.1) is 11.0 Å². The Labute approximate surface area is 100 Å². The molecule has 2 atom stereocenters. The van der Waals surface area contributed by atoms with Crippen LogP contribution in [-0.2, 0) is 0 Å². The quantitative estimate of drug-likeness (QED) is 0.591. The first-order valence-electron chi connectivity index (χ1n) is 5.94. The average Bonchev–Trinajstić information content (AvgIpc) is 2.78. The van der Waals surface area contributed by atoms with Gasteiger partial charge in [0.2, 0.25) is 0 Å². The number of nitro groups is 1. The van der Waals surface area contributed by atoms with Crippen LogP contribution in [-0.4, -0.2) is 4.92 Å². The van der Waals surface area contributed by atoms with E-state index in [9.17, 15) is 10.1 Å². The minimum Gasteiger partial charge on any atom is -0.461 e. The van der Waals surface area contributed by atoms with Crippen molar-refractivity contribution in [1.29, 1.82) is 0 Å². The molecule has 0 amide bonds. The number of allylic oxidation sites excluding steroid dienone is 1. The zero-order chi connectivity index (χ0) is 12.6. The predicted octanol–water partition coefficient (Wildman–Crippen LogP) is 3.68. The molecule has 1 heterocycles. The highest BCUT2D eigenvalue weighted by Crippen LogP contribution is 2.47. The fraction of sp³-hybridized carbons (Fsp3) is 0.538. The van der Waals surface area contributed by atoms with Crippen molar-refractivity contribution in [3.8, 4) is 0 Å². The van der Waals surface area contributed by atoms with Crippen molar-refractivity contribution in [3.05, 3.63) is 39.5 Å². The van der Waals surface area contributed by atoms with E-state index in [0.717, 1.165) is 12.2 Å². The fourth-order valence-electron chi connectivity index (χ4n) is 1.94. The van der Waals surface area contributed by atoms with Crippen molar-refractivity contribution in [2.45, 2.75) is 33.1 Å². The molecule has 0 aromatic carbocycles. The molecule has 2 unspecified atom stereocenters. The number of furan rings is 1. The molecule has 1 aromatic heterocycles. The molecular weight excluding hydrogens is 218 g/mol. The van der Waals surface area contributed by atoms with Gasteiger partial charge in [-0.15, -0.1) is 0 Å². The van der Waals surface area contributed by atoms with Crippen LogP contribution >= 0.6 is 0 Å². The number of nitrogens with zero attached hydrogens (tertiary/aromatic N) is 1. The molecule has 17 heavy (non-hydrogen) atoms. The summed E-state index contributed by atoms with van der Waals surface area (Å²) >= 11 is 0. The summed E-state index contributed by atoms with van der Waals surface area (Å²) in [5.41, 5.74) is 0.190. The van der Waals surface area contributed by atoms with Crippen LogP contribution in [0.5, 0.6) is 0 Å². The molecule has 1 fully saturated rings. The number of rotatable bonds is 4. The van der Waals surface area contributed by atoms with E-state index in [4.69, 9.17) is 4.42 Å². The second kappa shape index (κ2) is 4.35. The van der Waals surface area contributed by atoms with Gasteiger partial charge in [-0.1, -0.05) is 20.8 Å². The number of hydrogen-bond donors (Lipinski definition) is 0. The lowest BCUT2D eigenvalue weighted by atomic mass is 10.1. The van der Waals surface area contributed by atoms with Crippen LogP contribution in [0.25, 0.3) is 6.08 Å². The molecule has 0 N–H and O–H groups in total. The molecule has 4 nitrogen and oxygen atoms in total. The minimum absolute atomic E-state index is 0.113. The molecule has 0 saturated heterocycles. The van der Waals surface area contributed by atoms with Crippen LogP contribution in [0.1, 0.15) is 44.6 Å². The van der Waals surface area contributed by atoms with E-state index in [1.165, 1.54) is 6.08 Å². The lowest BCUT2D eigenvalue weighted by Gasteiger charge is -2.00. The summed E-state index contributed by atoms with van der Waals surface area (Å²) in [6.07, 6.45) is 2.68. The maximum absolute atomic E-state index is 10.8. The summed E-state index contributed by atoms with van der Waals surface area (Å²) in [6.45, 7) is 5.79. The van der Waals surface area contributed by atoms with Crippen molar-refractivity contribution in [1.82, 2.24) is 0 Å². The summed E-state index contributed by atoms with van der Waals surface area (Å²) in [7, 11) is 0. The van der Waals surface area contributed by atoms with Crippen molar-refractivity contribution in [2.24, 2.45) is 11.8 Å². The Balaban J connectivity index is 2.19. The van der Waals surface area contributed by atoms with Crippen LogP contribution in [0.3, 0.4) is 0 Å². The molecule has 4 heteroatoms. The van der Waals surface area contributed by atoms with Gasteiger partial charge in [-0.2, -0.15) is 0 Å². The molecule has 1 aromatic rings. The first-order valence-corrected chi connectivity index (χ1v) is 5.94. The van der Waals surface area contributed by atoms with Crippen LogP contribution < -0.4 is 0 Å². The fourth-order valence-corrected chi connectivity index (χ4v) is 1.94. The molecule has 0 bridgehead atoms. The van der Waals surface area contributed by atoms with Crippen LogP contribution in [0, 0.1) is 22.0 Å². The average molecular weight is 235 g/mol. The molecule has 1 aliphatic rings. The molecule has 2 rings (SSSR count). The zero-order valence-electron chi connectivity index (χ0n) is 10.3. The third-order valence-electron chi connectivity index (χ3n) is 3.21. The standard InChI is InChI=1S/C13H17NO3/c1-8(2)12(14(15)16)7-10-4-5-13(17-10)11-6-9(11)3/h4-5,7-9,11H,6H2,1-3H3/b12-7-. The smallest absolute Gasteiger partial charge is 0.252 e. The zero-order valence-corrected chi connectivity index (χ0v) is 10.3. The highest BCUT2D eigenvalue weighted by Gasteiger charge is 2.36. The van der Waals surface area contributed by atoms with Crippen molar-refractivity contribution < 1.29 is 9.34 Å². The van der Waals surface area contributed by atoms with E-state index in [1.54, 1.807) is 13.8 Å². The Hall–Kier alpha value is -1.58. The lowest BCUT2D eigenvalue weighted by molar-refractivity contribution is -0.431. The van der Waals surface area contributed by atoms with E-state index in [2.05, 4.69) is 6.92 Å². The topological polar surface area (TPSA) is 56.3 Å². The Morgan fingerprint density at radius 2 is 2.24 bits per heavy atom. The Kier molecular flexibility index (Phi) is 3.05. The monoisotopic (exact) mass is 235 g/mol. The largest absolute Gasteiger partial charge is 0.461 e. The van der Waals surface area contributed by atoms with E-state index in [0.29, 0.717) is 17.6 Å². The first-order chi connectivity index (χ1) is 7.99. The van der Waals surface area contributed by atoms with E-state index >= 15 is 0 Å². The highest BCUT2D eigenvalue weighted by atomic mass is 16.6. The Bertz CT molecular complexity index is 459. The van der Waals surface area contributed by atoms with Crippen molar-refractivity contribution >= 4 is 6.08 Å².